The summed E-state index contributed by atoms with van der Waals surface area (Å²) in [7, 11) is 0. The maximum atomic E-state index is 13.0. The average molecular weight is 289 g/mol. The van der Waals surface area contributed by atoms with Crippen molar-refractivity contribution in [3.05, 3.63) is 34.1 Å². The Bertz CT molecular complexity index is 351. The molecule has 2 N–H and O–H groups in total. The number of rotatable bonds is 5. The molecule has 0 unspecified atom stereocenters. The van der Waals surface area contributed by atoms with Crippen LogP contribution in [0.2, 0.25) is 0 Å². The van der Waals surface area contributed by atoms with Crippen LogP contribution in [0.1, 0.15) is 17.3 Å². The fraction of sp³-hybridized carbons (Fsp3) is 0.364. The van der Waals surface area contributed by atoms with E-state index < -0.39 is 5.82 Å². The van der Waals surface area contributed by atoms with Gasteiger partial charge in [-0.3, -0.25) is 4.79 Å². The number of carbonyl (C=O) groups is 1. The van der Waals surface area contributed by atoms with E-state index in [-0.39, 0.29) is 5.91 Å². The lowest BCUT2D eigenvalue weighted by Gasteiger charge is -2.06. The fourth-order valence-electron chi connectivity index (χ4n) is 1.23. The second-order valence-electron chi connectivity index (χ2n) is 3.27. The van der Waals surface area contributed by atoms with E-state index in [2.05, 4.69) is 26.6 Å². The van der Waals surface area contributed by atoms with Gasteiger partial charge in [0.25, 0.3) is 5.91 Å². The molecule has 5 heteroatoms. The predicted octanol–water partition coefficient (Wildman–Crippen LogP) is 1.93. The number of benzene rings is 1. The summed E-state index contributed by atoms with van der Waals surface area (Å²) in [5.74, 6) is -0.690. The number of carbonyl (C=O) groups excluding carboxylic acids is 1. The number of likely N-dealkylation sites (N-methyl/N-ethyl adjacent to an activating group) is 1. The van der Waals surface area contributed by atoms with E-state index in [0.717, 1.165) is 6.54 Å². The van der Waals surface area contributed by atoms with Gasteiger partial charge in [0, 0.05) is 23.1 Å². The summed E-state index contributed by atoms with van der Waals surface area (Å²) in [6.45, 7) is 4.09. The van der Waals surface area contributed by atoms with Crippen molar-refractivity contribution in [2.75, 3.05) is 19.6 Å². The molecule has 1 amide bonds. The van der Waals surface area contributed by atoms with Crippen molar-refractivity contribution < 1.29 is 9.18 Å². The molecule has 0 heterocycles. The van der Waals surface area contributed by atoms with E-state index in [4.69, 9.17) is 0 Å². The molecule has 0 aliphatic carbocycles. The summed E-state index contributed by atoms with van der Waals surface area (Å²) in [5, 5.41) is 5.78. The molecule has 1 rings (SSSR count). The summed E-state index contributed by atoms with van der Waals surface area (Å²) in [6.07, 6.45) is 0. The number of amides is 1. The van der Waals surface area contributed by atoms with Crippen molar-refractivity contribution in [2.45, 2.75) is 6.92 Å². The third-order valence-electron chi connectivity index (χ3n) is 1.96. The van der Waals surface area contributed by atoms with Gasteiger partial charge < -0.3 is 10.6 Å². The molecule has 16 heavy (non-hydrogen) atoms. The van der Waals surface area contributed by atoms with E-state index in [1.807, 2.05) is 6.92 Å². The molecule has 0 atom stereocenters. The highest BCUT2D eigenvalue weighted by molar-refractivity contribution is 9.10. The second-order valence-corrected chi connectivity index (χ2v) is 4.18. The molecule has 0 aromatic heterocycles. The van der Waals surface area contributed by atoms with Crippen LogP contribution in [-0.4, -0.2) is 25.5 Å². The average Bonchev–Trinajstić information content (AvgIpc) is 2.22. The topological polar surface area (TPSA) is 41.1 Å². The minimum Gasteiger partial charge on any atom is -0.351 e. The van der Waals surface area contributed by atoms with Crippen LogP contribution in [0, 0.1) is 5.82 Å². The molecule has 1 aromatic rings. The molecule has 0 radical (unpaired) electrons. The molecule has 0 fully saturated rings. The van der Waals surface area contributed by atoms with E-state index in [1.165, 1.54) is 12.1 Å². The zero-order valence-electron chi connectivity index (χ0n) is 9.02. The van der Waals surface area contributed by atoms with E-state index in [9.17, 15) is 9.18 Å². The van der Waals surface area contributed by atoms with Crippen molar-refractivity contribution in [1.29, 1.82) is 0 Å². The quantitative estimate of drug-likeness (QED) is 0.813. The lowest BCUT2D eigenvalue weighted by atomic mass is 10.2. The van der Waals surface area contributed by atoms with Crippen molar-refractivity contribution in [3.8, 4) is 0 Å². The Hall–Kier alpha value is -0.940. The van der Waals surface area contributed by atoms with Crippen LogP contribution < -0.4 is 10.6 Å². The maximum absolute atomic E-state index is 13.0. The minimum absolute atomic E-state index is 0.266. The van der Waals surface area contributed by atoms with Gasteiger partial charge in [-0.15, -0.1) is 0 Å². The Morgan fingerprint density at radius 3 is 2.75 bits per heavy atom. The number of halogens is 2. The zero-order valence-corrected chi connectivity index (χ0v) is 10.6. The van der Waals surface area contributed by atoms with E-state index >= 15 is 0 Å². The van der Waals surface area contributed by atoms with Gasteiger partial charge in [0.1, 0.15) is 5.82 Å². The monoisotopic (exact) mass is 288 g/mol. The van der Waals surface area contributed by atoms with Crippen molar-refractivity contribution in [3.63, 3.8) is 0 Å². The van der Waals surface area contributed by atoms with Gasteiger partial charge in [-0.25, -0.2) is 4.39 Å². The van der Waals surface area contributed by atoms with Crippen molar-refractivity contribution in [1.82, 2.24) is 10.6 Å². The van der Waals surface area contributed by atoms with Gasteiger partial charge >= 0.3 is 0 Å². The van der Waals surface area contributed by atoms with E-state index in [1.54, 1.807) is 6.07 Å². The first kappa shape index (κ1) is 13.1. The largest absolute Gasteiger partial charge is 0.351 e. The highest BCUT2D eigenvalue weighted by Crippen LogP contribution is 2.14. The molecule has 1 aromatic carbocycles. The summed E-state index contributed by atoms with van der Waals surface area (Å²) < 4.78 is 13.6. The Balaban J connectivity index is 2.52. The fourth-order valence-corrected chi connectivity index (χ4v) is 1.69. The standard InChI is InChI=1S/C11H14BrFN2O/c1-2-14-3-4-15-11(16)8-5-9(12)7-10(13)6-8/h5-7,14H,2-4H2,1H3,(H,15,16). The van der Waals surface area contributed by atoms with Gasteiger partial charge in [0.2, 0.25) is 0 Å². The highest BCUT2D eigenvalue weighted by Gasteiger charge is 2.07. The van der Waals surface area contributed by atoms with Crippen LogP contribution in [0.15, 0.2) is 22.7 Å². The van der Waals surface area contributed by atoms with Gasteiger partial charge in [-0.2, -0.15) is 0 Å². The van der Waals surface area contributed by atoms with Crippen LogP contribution in [0.25, 0.3) is 0 Å². The normalized spacial score (nSPS) is 10.2. The zero-order chi connectivity index (χ0) is 12.0. The minimum atomic E-state index is -0.425. The first-order valence-corrected chi connectivity index (χ1v) is 5.87. The highest BCUT2D eigenvalue weighted by atomic mass is 79.9. The first-order chi connectivity index (χ1) is 7.63. The Morgan fingerprint density at radius 1 is 1.38 bits per heavy atom. The molecule has 3 nitrogen and oxygen atoms in total. The molecule has 0 spiro atoms. The molecular formula is C11H14BrFN2O. The van der Waals surface area contributed by atoms with Crippen molar-refractivity contribution >= 4 is 21.8 Å². The lowest BCUT2D eigenvalue weighted by molar-refractivity contribution is 0.0953. The van der Waals surface area contributed by atoms with Crippen LogP contribution in [0.4, 0.5) is 4.39 Å². The van der Waals surface area contributed by atoms with Crippen LogP contribution >= 0.6 is 15.9 Å². The Labute approximate surface area is 103 Å². The van der Waals surface area contributed by atoms with Gasteiger partial charge in [0.15, 0.2) is 0 Å². The third-order valence-corrected chi connectivity index (χ3v) is 2.42. The van der Waals surface area contributed by atoms with Crippen LogP contribution in [-0.2, 0) is 0 Å². The second kappa shape index (κ2) is 6.60. The number of hydrogen-bond donors (Lipinski definition) is 2. The van der Waals surface area contributed by atoms with Crippen LogP contribution in [0.5, 0.6) is 0 Å². The summed E-state index contributed by atoms with van der Waals surface area (Å²) in [6, 6.07) is 4.12. The summed E-state index contributed by atoms with van der Waals surface area (Å²) in [4.78, 5) is 11.6. The Kier molecular flexibility index (Phi) is 5.42. The number of nitrogens with one attached hydrogen (secondary N) is 2. The molecule has 0 saturated carbocycles. The summed E-state index contributed by atoms with van der Waals surface area (Å²) >= 11 is 3.14. The van der Waals surface area contributed by atoms with Gasteiger partial charge in [-0.1, -0.05) is 22.9 Å². The molecule has 88 valence electrons. The Morgan fingerprint density at radius 2 is 2.12 bits per heavy atom. The van der Waals surface area contributed by atoms with Crippen LogP contribution in [0.3, 0.4) is 0 Å². The molecular weight excluding hydrogens is 275 g/mol. The maximum Gasteiger partial charge on any atom is 0.251 e. The molecule has 0 saturated heterocycles. The molecule has 0 aliphatic rings. The predicted molar refractivity (Wildman–Crippen MR) is 65.0 cm³/mol. The van der Waals surface area contributed by atoms with Gasteiger partial charge in [-0.05, 0) is 24.7 Å². The smallest absolute Gasteiger partial charge is 0.251 e. The lowest BCUT2D eigenvalue weighted by Crippen LogP contribution is -2.31. The van der Waals surface area contributed by atoms with E-state index in [0.29, 0.717) is 23.1 Å². The molecule has 0 aliphatic heterocycles. The first-order valence-electron chi connectivity index (χ1n) is 5.08. The van der Waals surface area contributed by atoms with Gasteiger partial charge in [0.05, 0.1) is 0 Å². The third kappa shape index (κ3) is 4.28. The van der Waals surface area contributed by atoms with Crippen molar-refractivity contribution in [2.24, 2.45) is 0 Å². The summed E-state index contributed by atoms with van der Waals surface area (Å²) in [5.41, 5.74) is 0.323. The SMILES string of the molecule is CCNCCNC(=O)c1cc(F)cc(Br)c1. The molecule has 0 bridgehead atoms. The number of hydrogen-bond acceptors (Lipinski definition) is 2.